The molecular formula is C16H18N2O2. The molecule has 20 heavy (non-hydrogen) atoms. The fraction of sp³-hybridized carbons (Fsp3) is 0.188. The van der Waals surface area contributed by atoms with Gasteiger partial charge in [0.1, 0.15) is 5.75 Å². The molecule has 0 heterocycles. The van der Waals surface area contributed by atoms with Gasteiger partial charge in [0.2, 0.25) is 0 Å². The molecule has 0 aliphatic carbocycles. The first-order valence-electron chi connectivity index (χ1n) is 6.58. The number of carbonyl (C=O) groups excluding carboxylic acids is 1. The number of carbonyl (C=O) groups is 1. The minimum Gasteiger partial charge on any atom is -0.493 e. The van der Waals surface area contributed by atoms with E-state index < -0.39 is 0 Å². The van der Waals surface area contributed by atoms with Crippen LogP contribution < -0.4 is 16.0 Å². The molecule has 104 valence electrons. The number of para-hydroxylation sites is 1. The van der Waals surface area contributed by atoms with Crippen LogP contribution in [0.15, 0.2) is 54.6 Å². The number of benzene rings is 2. The van der Waals surface area contributed by atoms with Crippen molar-refractivity contribution in [2.24, 2.45) is 5.84 Å². The van der Waals surface area contributed by atoms with Crippen molar-refractivity contribution in [3.63, 3.8) is 0 Å². The predicted molar refractivity (Wildman–Crippen MR) is 78.4 cm³/mol. The fourth-order valence-electron chi connectivity index (χ4n) is 1.96. The molecule has 0 bridgehead atoms. The molecule has 2 aromatic carbocycles. The molecule has 4 nitrogen and oxygen atoms in total. The summed E-state index contributed by atoms with van der Waals surface area (Å²) < 4.78 is 5.67. The van der Waals surface area contributed by atoms with Gasteiger partial charge in [0.05, 0.1) is 12.2 Å². The smallest absolute Gasteiger partial charge is 0.268 e. The molecule has 0 fully saturated rings. The van der Waals surface area contributed by atoms with Crippen molar-refractivity contribution in [2.75, 3.05) is 6.61 Å². The van der Waals surface area contributed by atoms with E-state index in [1.165, 1.54) is 5.56 Å². The highest BCUT2D eigenvalue weighted by Crippen LogP contribution is 2.18. The molecule has 4 heteroatoms. The lowest BCUT2D eigenvalue weighted by Crippen LogP contribution is -2.30. The number of hydrogen-bond acceptors (Lipinski definition) is 3. The minimum atomic E-state index is -0.344. The van der Waals surface area contributed by atoms with E-state index in [1.807, 2.05) is 24.3 Å². The van der Waals surface area contributed by atoms with Gasteiger partial charge in [-0.2, -0.15) is 0 Å². The maximum atomic E-state index is 11.6. The summed E-state index contributed by atoms with van der Waals surface area (Å²) >= 11 is 0. The third-order valence-electron chi connectivity index (χ3n) is 2.97. The average molecular weight is 270 g/mol. The third kappa shape index (κ3) is 3.83. The van der Waals surface area contributed by atoms with Crippen LogP contribution in [-0.2, 0) is 6.42 Å². The summed E-state index contributed by atoms with van der Waals surface area (Å²) in [4.78, 5) is 11.6. The van der Waals surface area contributed by atoms with Crippen molar-refractivity contribution in [1.29, 1.82) is 0 Å². The molecule has 2 aromatic rings. The first-order valence-corrected chi connectivity index (χ1v) is 6.58. The molecule has 0 saturated carbocycles. The SMILES string of the molecule is NNC(=O)c1ccccc1OCCCc1ccccc1. The highest BCUT2D eigenvalue weighted by atomic mass is 16.5. The number of ether oxygens (including phenoxy) is 1. The molecule has 0 radical (unpaired) electrons. The Labute approximate surface area is 118 Å². The molecule has 0 aromatic heterocycles. The van der Waals surface area contributed by atoms with Crippen LogP contribution in [0.25, 0.3) is 0 Å². The fourth-order valence-corrected chi connectivity index (χ4v) is 1.96. The number of aryl methyl sites for hydroxylation is 1. The lowest BCUT2D eigenvalue weighted by Gasteiger charge is -2.10. The number of nitrogens with two attached hydrogens (primary N) is 1. The molecule has 1 amide bonds. The second-order valence-corrected chi connectivity index (χ2v) is 4.41. The number of nitrogen functional groups attached to an aromatic ring is 1. The Kier molecular flexibility index (Phi) is 5.15. The Morgan fingerprint density at radius 3 is 2.50 bits per heavy atom. The molecule has 0 saturated heterocycles. The van der Waals surface area contributed by atoms with Crippen LogP contribution in [0, 0.1) is 0 Å². The van der Waals surface area contributed by atoms with E-state index >= 15 is 0 Å². The van der Waals surface area contributed by atoms with Gasteiger partial charge in [0.25, 0.3) is 5.91 Å². The van der Waals surface area contributed by atoms with Crippen LogP contribution in [0.5, 0.6) is 5.75 Å². The average Bonchev–Trinajstić information content (AvgIpc) is 2.52. The van der Waals surface area contributed by atoms with Gasteiger partial charge in [-0.15, -0.1) is 0 Å². The molecule has 0 aliphatic heterocycles. The summed E-state index contributed by atoms with van der Waals surface area (Å²) in [6, 6.07) is 17.3. The standard InChI is InChI=1S/C16H18N2O2/c17-18-16(19)14-10-4-5-11-15(14)20-12-6-9-13-7-2-1-3-8-13/h1-5,7-8,10-11H,6,9,12,17H2,(H,18,19). The maximum Gasteiger partial charge on any atom is 0.268 e. The highest BCUT2D eigenvalue weighted by Gasteiger charge is 2.10. The lowest BCUT2D eigenvalue weighted by molar-refractivity contribution is 0.0949. The van der Waals surface area contributed by atoms with Crippen molar-refractivity contribution in [1.82, 2.24) is 5.43 Å². The molecule has 0 unspecified atom stereocenters. The van der Waals surface area contributed by atoms with Crippen LogP contribution in [0.1, 0.15) is 22.3 Å². The Bertz CT molecular complexity index is 555. The first-order chi connectivity index (χ1) is 9.81. The number of amides is 1. The second-order valence-electron chi connectivity index (χ2n) is 4.41. The number of hydrazine groups is 1. The lowest BCUT2D eigenvalue weighted by atomic mass is 10.1. The molecule has 3 N–H and O–H groups in total. The normalized spacial score (nSPS) is 10.1. The summed E-state index contributed by atoms with van der Waals surface area (Å²) in [6.07, 6.45) is 1.84. The van der Waals surface area contributed by atoms with Crippen LogP contribution in [0.2, 0.25) is 0 Å². The van der Waals surface area contributed by atoms with Crippen LogP contribution in [0.3, 0.4) is 0 Å². The zero-order valence-electron chi connectivity index (χ0n) is 11.2. The van der Waals surface area contributed by atoms with Gasteiger partial charge in [0.15, 0.2) is 0 Å². The van der Waals surface area contributed by atoms with Crippen molar-refractivity contribution >= 4 is 5.91 Å². The minimum absolute atomic E-state index is 0.344. The molecule has 2 rings (SSSR count). The largest absolute Gasteiger partial charge is 0.493 e. The topological polar surface area (TPSA) is 64.3 Å². The van der Waals surface area contributed by atoms with E-state index in [4.69, 9.17) is 10.6 Å². The maximum absolute atomic E-state index is 11.6. The van der Waals surface area contributed by atoms with Gasteiger partial charge in [0, 0.05) is 0 Å². The summed E-state index contributed by atoms with van der Waals surface area (Å²) in [5.41, 5.74) is 3.85. The van der Waals surface area contributed by atoms with Crippen LogP contribution >= 0.6 is 0 Å². The Morgan fingerprint density at radius 2 is 1.75 bits per heavy atom. The zero-order valence-corrected chi connectivity index (χ0v) is 11.2. The number of rotatable bonds is 6. The van der Waals surface area contributed by atoms with E-state index in [1.54, 1.807) is 18.2 Å². The van der Waals surface area contributed by atoms with Gasteiger partial charge >= 0.3 is 0 Å². The molecule has 0 aliphatic rings. The highest BCUT2D eigenvalue weighted by molar-refractivity contribution is 5.96. The van der Waals surface area contributed by atoms with Gasteiger partial charge in [-0.25, -0.2) is 5.84 Å². The van der Waals surface area contributed by atoms with Crippen molar-refractivity contribution < 1.29 is 9.53 Å². The molecule has 0 atom stereocenters. The van der Waals surface area contributed by atoms with Gasteiger partial charge in [-0.05, 0) is 30.5 Å². The third-order valence-corrected chi connectivity index (χ3v) is 2.97. The van der Waals surface area contributed by atoms with Crippen molar-refractivity contribution in [3.8, 4) is 5.75 Å². The Morgan fingerprint density at radius 1 is 1.05 bits per heavy atom. The quantitative estimate of drug-likeness (QED) is 0.366. The number of hydrogen-bond donors (Lipinski definition) is 2. The van der Waals surface area contributed by atoms with Gasteiger partial charge in [-0.1, -0.05) is 42.5 Å². The van der Waals surface area contributed by atoms with Crippen molar-refractivity contribution in [2.45, 2.75) is 12.8 Å². The monoisotopic (exact) mass is 270 g/mol. The van der Waals surface area contributed by atoms with E-state index in [2.05, 4.69) is 17.6 Å². The van der Waals surface area contributed by atoms with E-state index in [-0.39, 0.29) is 5.91 Å². The zero-order chi connectivity index (χ0) is 14.2. The van der Waals surface area contributed by atoms with Gasteiger partial charge in [-0.3, -0.25) is 10.2 Å². The second kappa shape index (κ2) is 7.31. The summed E-state index contributed by atoms with van der Waals surface area (Å²) in [5, 5.41) is 0. The first kappa shape index (κ1) is 14.1. The number of nitrogens with one attached hydrogen (secondary N) is 1. The van der Waals surface area contributed by atoms with E-state index in [0.717, 1.165) is 12.8 Å². The molecule has 0 spiro atoms. The predicted octanol–water partition coefficient (Wildman–Crippen LogP) is 2.30. The van der Waals surface area contributed by atoms with Crippen LogP contribution in [-0.4, -0.2) is 12.5 Å². The Balaban J connectivity index is 1.87. The molecular weight excluding hydrogens is 252 g/mol. The van der Waals surface area contributed by atoms with E-state index in [9.17, 15) is 4.79 Å². The van der Waals surface area contributed by atoms with Crippen LogP contribution in [0.4, 0.5) is 0 Å². The summed E-state index contributed by atoms with van der Waals surface area (Å²) in [7, 11) is 0. The summed E-state index contributed by atoms with van der Waals surface area (Å²) in [5.74, 6) is 5.36. The summed E-state index contributed by atoms with van der Waals surface area (Å²) in [6.45, 7) is 0.559. The Hall–Kier alpha value is -2.33. The van der Waals surface area contributed by atoms with E-state index in [0.29, 0.717) is 17.9 Å². The van der Waals surface area contributed by atoms with Gasteiger partial charge < -0.3 is 4.74 Å². The van der Waals surface area contributed by atoms with Crippen molar-refractivity contribution in [3.05, 3.63) is 65.7 Å².